The van der Waals surface area contributed by atoms with Gasteiger partial charge in [-0.25, -0.2) is 14.6 Å². The van der Waals surface area contributed by atoms with E-state index in [1.54, 1.807) is 0 Å². The number of nitrogen functional groups attached to an aromatic ring is 1. The van der Waals surface area contributed by atoms with Gasteiger partial charge in [0.2, 0.25) is 11.7 Å². The topological polar surface area (TPSA) is 136 Å². The van der Waals surface area contributed by atoms with Crippen LogP contribution in [-0.2, 0) is 18.3 Å². The van der Waals surface area contributed by atoms with Gasteiger partial charge in [-0.3, -0.25) is 18.7 Å². The van der Waals surface area contributed by atoms with Crippen molar-refractivity contribution in [3.05, 3.63) is 50.3 Å². The Morgan fingerprint density at radius 3 is 2.41 bits per heavy atom. The van der Waals surface area contributed by atoms with Gasteiger partial charge in [-0.1, -0.05) is 13.8 Å². The van der Waals surface area contributed by atoms with Crippen molar-refractivity contribution in [2.75, 3.05) is 18.9 Å². The minimum absolute atomic E-state index is 0.0103. The monoisotopic (exact) mass is 458 g/mol. The van der Waals surface area contributed by atoms with Crippen LogP contribution < -0.4 is 21.7 Å². The molecule has 2 N–H and O–H groups in total. The molecule has 32 heavy (non-hydrogen) atoms. The molecule has 0 saturated heterocycles. The van der Waals surface area contributed by atoms with Crippen molar-refractivity contribution in [2.45, 2.75) is 26.6 Å². The van der Waals surface area contributed by atoms with E-state index < -0.39 is 48.0 Å². The molecule has 0 atom stereocenters. The second-order valence-corrected chi connectivity index (χ2v) is 7.20. The molecule has 0 unspecified atom stereocenters. The number of pyridine rings is 1. The number of hydrogen-bond donors (Lipinski definition) is 1. The molecule has 0 bridgehead atoms. The van der Waals surface area contributed by atoms with E-state index in [0.717, 1.165) is 27.5 Å². The SMILES string of the molecule is CC(C)Cn1c(N)c(C(=O)COC(=O)c2ccc(OCC(F)(F)F)nc2)c(=O)n(C)c1=O. The van der Waals surface area contributed by atoms with E-state index in [1.807, 2.05) is 13.8 Å². The lowest BCUT2D eigenvalue weighted by Gasteiger charge is -2.16. The number of ether oxygens (including phenoxy) is 2. The molecular formula is C19H21F3N4O6. The molecule has 0 aromatic carbocycles. The van der Waals surface area contributed by atoms with Crippen LogP contribution in [0.25, 0.3) is 0 Å². The Balaban J connectivity index is 2.14. The van der Waals surface area contributed by atoms with E-state index in [0.29, 0.717) is 0 Å². The summed E-state index contributed by atoms with van der Waals surface area (Å²) in [6, 6.07) is 2.13. The lowest BCUT2D eigenvalue weighted by atomic mass is 10.1. The zero-order valence-corrected chi connectivity index (χ0v) is 17.4. The minimum Gasteiger partial charge on any atom is -0.468 e. The molecule has 0 radical (unpaired) electrons. The Morgan fingerprint density at radius 2 is 1.88 bits per heavy atom. The number of Topliss-reactive ketones (excluding diaryl/α,β-unsaturated/α-hetero) is 1. The maximum absolute atomic E-state index is 12.5. The molecule has 2 aromatic rings. The van der Waals surface area contributed by atoms with Gasteiger partial charge >= 0.3 is 17.8 Å². The van der Waals surface area contributed by atoms with E-state index >= 15 is 0 Å². The van der Waals surface area contributed by atoms with Gasteiger partial charge in [0, 0.05) is 25.9 Å². The van der Waals surface area contributed by atoms with Crippen molar-refractivity contribution >= 4 is 17.6 Å². The second kappa shape index (κ2) is 9.66. The van der Waals surface area contributed by atoms with Crippen LogP contribution in [0.5, 0.6) is 5.88 Å². The Bertz CT molecular complexity index is 1120. The lowest BCUT2D eigenvalue weighted by molar-refractivity contribution is -0.154. The molecule has 0 aliphatic heterocycles. The Labute approximate surface area is 179 Å². The van der Waals surface area contributed by atoms with Crippen LogP contribution in [0.3, 0.4) is 0 Å². The summed E-state index contributed by atoms with van der Waals surface area (Å²) in [6.45, 7) is 1.38. The van der Waals surface area contributed by atoms with Crippen LogP contribution in [0.1, 0.15) is 34.6 Å². The van der Waals surface area contributed by atoms with Gasteiger partial charge in [0.05, 0.1) is 5.56 Å². The van der Waals surface area contributed by atoms with Gasteiger partial charge in [-0.05, 0) is 12.0 Å². The largest absolute Gasteiger partial charge is 0.468 e. The van der Waals surface area contributed by atoms with Crippen molar-refractivity contribution in [2.24, 2.45) is 13.0 Å². The molecule has 2 aromatic heterocycles. The fourth-order valence-electron chi connectivity index (χ4n) is 2.62. The van der Waals surface area contributed by atoms with E-state index in [9.17, 15) is 32.3 Å². The molecule has 2 heterocycles. The molecule has 0 aliphatic carbocycles. The van der Waals surface area contributed by atoms with Crippen LogP contribution in [0.4, 0.5) is 19.0 Å². The quantitative estimate of drug-likeness (QED) is 0.460. The summed E-state index contributed by atoms with van der Waals surface area (Å²) in [4.78, 5) is 52.8. The van der Waals surface area contributed by atoms with Crippen LogP contribution in [0.15, 0.2) is 27.9 Å². The zero-order valence-electron chi connectivity index (χ0n) is 17.4. The number of nitrogens with two attached hydrogens (primary N) is 1. The first-order chi connectivity index (χ1) is 14.8. The van der Waals surface area contributed by atoms with Crippen LogP contribution in [-0.4, -0.2) is 45.3 Å². The smallest absolute Gasteiger partial charge is 0.422 e. The van der Waals surface area contributed by atoms with Crippen LogP contribution >= 0.6 is 0 Å². The summed E-state index contributed by atoms with van der Waals surface area (Å²) in [5, 5.41) is 0. The lowest BCUT2D eigenvalue weighted by Crippen LogP contribution is -2.43. The third-order valence-corrected chi connectivity index (χ3v) is 4.10. The van der Waals surface area contributed by atoms with Crippen molar-refractivity contribution in [3.8, 4) is 5.88 Å². The number of ketones is 1. The number of hydrogen-bond acceptors (Lipinski definition) is 8. The van der Waals surface area contributed by atoms with Crippen LogP contribution in [0, 0.1) is 5.92 Å². The number of carbonyl (C=O) groups excluding carboxylic acids is 2. The predicted octanol–water partition coefficient (Wildman–Crippen LogP) is 1.16. The summed E-state index contributed by atoms with van der Waals surface area (Å²) >= 11 is 0. The molecule has 0 saturated carbocycles. The van der Waals surface area contributed by atoms with Crippen molar-refractivity contribution in [3.63, 3.8) is 0 Å². The number of rotatable bonds is 8. The van der Waals surface area contributed by atoms with Gasteiger partial charge in [0.15, 0.2) is 13.2 Å². The second-order valence-electron chi connectivity index (χ2n) is 7.20. The van der Waals surface area contributed by atoms with E-state index in [-0.39, 0.29) is 29.7 Å². The Morgan fingerprint density at radius 1 is 1.22 bits per heavy atom. The fraction of sp³-hybridized carbons (Fsp3) is 0.421. The predicted molar refractivity (Wildman–Crippen MR) is 106 cm³/mol. The summed E-state index contributed by atoms with van der Waals surface area (Å²) in [5.41, 5.74) is 3.61. The van der Waals surface area contributed by atoms with Crippen molar-refractivity contribution in [1.82, 2.24) is 14.1 Å². The first kappa shape index (κ1) is 24.6. The highest BCUT2D eigenvalue weighted by Gasteiger charge is 2.28. The standard InChI is InChI=1S/C19H21F3N4O6/c1-10(2)7-26-15(23)14(16(28)25(3)18(26)30)12(27)8-31-17(29)11-4-5-13(24-6-11)32-9-19(20,21)22/h4-6,10H,7-9,23H2,1-3H3. The van der Waals surface area contributed by atoms with Crippen molar-refractivity contribution in [1.29, 1.82) is 0 Å². The number of halogens is 3. The average Bonchev–Trinajstić information content (AvgIpc) is 2.72. The van der Waals surface area contributed by atoms with E-state index in [1.165, 1.54) is 7.05 Å². The number of alkyl halides is 3. The number of anilines is 1. The van der Waals surface area contributed by atoms with Crippen LogP contribution in [0.2, 0.25) is 0 Å². The molecule has 0 aliphatic rings. The Hall–Kier alpha value is -3.64. The van der Waals surface area contributed by atoms with Crippen molar-refractivity contribution < 1.29 is 32.2 Å². The first-order valence-electron chi connectivity index (χ1n) is 9.27. The summed E-state index contributed by atoms with van der Waals surface area (Å²) in [7, 11) is 1.19. The minimum atomic E-state index is -4.55. The van der Waals surface area contributed by atoms with Gasteiger partial charge in [0.1, 0.15) is 11.4 Å². The molecular weight excluding hydrogens is 437 g/mol. The highest BCUT2D eigenvalue weighted by molar-refractivity contribution is 6.02. The van der Waals surface area contributed by atoms with E-state index in [4.69, 9.17) is 10.5 Å². The molecule has 0 amide bonds. The molecule has 10 nitrogen and oxygen atoms in total. The third kappa shape index (κ3) is 5.95. The number of nitrogens with zero attached hydrogens (tertiary/aromatic N) is 3. The summed E-state index contributed by atoms with van der Waals surface area (Å²) in [5.74, 6) is -2.64. The van der Waals surface area contributed by atoms with Gasteiger partial charge in [0.25, 0.3) is 5.56 Å². The first-order valence-corrected chi connectivity index (χ1v) is 9.27. The van der Waals surface area contributed by atoms with E-state index in [2.05, 4.69) is 9.72 Å². The molecule has 0 spiro atoms. The maximum Gasteiger partial charge on any atom is 0.422 e. The normalized spacial score (nSPS) is 11.5. The summed E-state index contributed by atoms with van der Waals surface area (Å²) < 4.78 is 47.5. The molecule has 0 fully saturated rings. The number of esters is 1. The highest BCUT2D eigenvalue weighted by atomic mass is 19.4. The fourth-order valence-corrected chi connectivity index (χ4v) is 2.62. The Kier molecular flexibility index (Phi) is 7.44. The summed E-state index contributed by atoms with van der Waals surface area (Å²) in [6.07, 6.45) is -3.63. The maximum atomic E-state index is 12.5. The molecule has 174 valence electrons. The zero-order chi connectivity index (χ0) is 24.2. The average molecular weight is 458 g/mol. The van der Waals surface area contributed by atoms with Gasteiger partial charge in [-0.15, -0.1) is 0 Å². The van der Waals surface area contributed by atoms with Gasteiger partial charge in [-0.2, -0.15) is 13.2 Å². The number of aromatic nitrogens is 3. The molecule has 13 heteroatoms. The molecule has 2 rings (SSSR count). The number of carbonyl (C=O) groups is 2. The highest BCUT2D eigenvalue weighted by Crippen LogP contribution is 2.17. The third-order valence-electron chi connectivity index (χ3n) is 4.10. The van der Waals surface area contributed by atoms with Gasteiger partial charge < -0.3 is 15.2 Å².